The van der Waals surface area contributed by atoms with Gasteiger partial charge in [-0.1, -0.05) is 25.5 Å². The van der Waals surface area contributed by atoms with Crippen LogP contribution in [-0.2, 0) is 16.5 Å². The van der Waals surface area contributed by atoms with Crippen LogP contribution in [0, 0.1) is 6.07 Å². The van der Waals surface area contributed by atoms with Gasteiger partial charge in [0, 0.05) is 0 Å². The zero-order valence-corrected chi connectivity index (χ0v) is 8.84. The van der Waals surface area contributed by atoms with Crippen LogP contribution in [0.1, 0.15) is 25.3 Å². The van der Waals surface area contributed by atoms with Gasteiger partial charge in [-0.3, -0.25) is 4.55 Å². The largest absolute Gasteiger partial charge is 0.294 e. The Hall–Kier alpha value is -0.870. The smallest absolute Gasteiger partial charge is 0.282 e. The number of hydrogen-bond donors (Lipinski definition) is 1. The zero-order chi connectivity index (χ0) is 10.6. The van der Waals surface area contributed by atoms with Crippen LogP contribution in [0.25, 0.3) is 0 Å². The Balaban J connectivity index is 3.04. The molecule has 1 aromatic carbocycles. The first-order valence-corrected chi connectivity index (χ1v) is 5.96. The summed E-state index contributed by atoms with van der Waals surface area (Å²) in [6.45, 7) is 2.02. The fourth-order valence-corrected chi connectivity index (χ4v) is 1.97. The van der Waals surface area contributed by atoms with Crippen molar-refractivity contribution in [1.82, 2.24) is 0 Å². The first-order chi connectivity index (χ1) is 6.55. The SMILES string of the molecule is CCCCc1[c]cccc1S(=O)(=O)O. The van der Waals surface area contributed by atoms with Gasteiger partial charge in [-0.25, -0.2) is 0 Å². The van der Waals surface area contributed by atoms with Crippen molar-refractivity contribution < 1.29 is 13.0 Å². The summed E-state index contributed by atoms with van der Waals surface area (Å²) in [4.78, 5) is -0.0200. The molecule has 3 nitrogen and oxygen atoms in total. The Labute approximate surface area is 84.5 Å². The summed E-state index contributed by atoms with van der Waals surface area (Å²) >= 11 is 0. The van der Waals surface area contributed by atoms with E-state index < -0.39 is 10.1 Å². The summed E-state index contributed by atoms with van der Waals surface area (Å²) in [6.07, 6.45) is 2.50. The zero-order valence-electron chi connectivity index (χ0n) is 8.03. The molecule has 1 rings (SSSR count). The third-order valence-corrected chi connectivity index (χ3v) is 2.90. The van der Waals surface area contributed by atoms with E-state index in [9.17, 15) is 8.42 Å². The fraction of sp³-hybridized carbons (Fsp3) is 0.400. The van der Waals surface area contributed by atoms with Crippen LogP contribution in [0.2, 0.25) is 0 Å². The van der Waals surface area contributed by atoms with Gasteiger partial charge in [-0.05, 0) is 30.5 Å². The van der Waals surface area contributed by atoms with Crippen LogP contribution in [-0.4, -0.2) is 13.0 Å². The lowest BCUT2D eigenvalue weighted by Crippen LogP contribution is -2.03. The highest BCUT2D eigenvalue weighted by Gasteiger charge is 2.13. The minimum absolute atomic E-state index is 0.0200. The van der Waals surface area contributed by atoms with Crippen LogP contribution >= 0.6 is 0 Å². The minimum atomic E-state index is -4.10. The average molecular weight is 213 g/mol. The first-order valence-electron chi connectivity index (χ1n) is 4.52. The predicted molar refractivity (Wildman–Crippen MR) is 53.7 cm³/mol. The third kappa shape index (κ3) is 2.82. The van der Waals surface area contributed by atoms with Crippen molar-refractivity contribution in [3.63, 3.8) is 0 Å². The van der Waals surface area contributed by atoms with E-state index in [1.807, 2.05) is 6.92 Å². The highest BCUT2D eigenvalue weighted by atomic mass is 32.2. The molecule has 1 radical (unpaired) electrons. The fourth-order valence-electron chi connectivity index (χ4n) is 1.25. The Morgan fingerprint density at radius 3 is 2.79 bits per heavy atom. The molecule has 0 aliphatic carbocycles. The van der Waals surface area contributed by atoms with Crippen molar-refractivity contribution in [2.24, 2.45) is 0 Å². The van der Waals surface area contributed by atoms with Crippen molar-refractivity contribution in [3.8, 4) is 0 Å². The van der Waals surface area contributed by atoms with Crippen molar-refractivity contribution in [1.29, 1.82) is 0 Å². The molecule has 0 aromatic heterocycles. The maximum atomic E-state index is 11.0. The molecule has 0 saturated heterocycles. The molecular weight excluding hydrogens is 200 g/mol. The van der Waals surface area contributed by atoms with Gasteiger partial charge in [0.05, 0.1) is 4.90 Å². The van der Waals surface area contributed by atoms with Crippen LogP contribution in [0.5, 0.6) is 0 Å². The molecule has 14 heavy (non-hydrogen) atoms. The van der Waals surface area contributed by atoms with Gasteiger partial charge in [-0.15, -0.1) is 0 Å². The molecule has 0 aliphatic heterocycles. The van der Waals surface area contributed by atoms with E-state index in [4.69, 9.17) is 4.55 Å². The third-order valence-electron chi connectivity index (χ3n) is 1.96. The number of aryl methyl sites for hydroxylation is 1. The van der Waals surface area contributed by atoms with E-state index in [0.29, 0.717) is 12.0 Å². The monoisotopic (exact) mass is 213 g/mol. The van der Waals surface area contributed by atoms with Gasteiger partial charge in [0.2, 0.25) is 0 Å². The summed E-state index contributed by atoms with van der Waals surface area (Å²) in [7, 11) is -4.10. The molecule has 0 fully saturated rings. The molecule has 0 saturated carbocycles. The molecular formula is C10H13O3S. The molecule has 0 heterocycles. The Morgan fingerprint density at radius 1 is 1.50 bits per heavy atom. The van der Waals surface area contributed by atoms with Crippen molar-refractivity contribution in [3.05, 3.63) is 29.8 Å². The summed E-state index contributed by atoms with van der Waals surface area (Å²) in [6, 6.07) is 7.45. The summed E-state index contributed by atoms with van der Waals surface area (Å²) in [5.74, 6) is 0. The molecule has 1 aromatic rings. The average Bonchev–Trinajstić information content (AvgIpc) is 2.14. The molecule has 77 valence electrons. The van der Waals surface area contributed by atoms with E-state index in [-0.39, 0.29) is 4.90 Å². The van der Waals surface area contributed by atoms with Crippen LogP contribution in [0.15, 0.2) is 23.1 Å². The van der Waals surface area contributed by atoms with Crippen LogP contribution in [0.4, 0.5) is 0 Å². The minimum Gasteiger partial charge on any atom is -0.282 e. The van der Waals surface area contributed by atoms with E-state index in [0.717, 1.165) is 12.8 Å². The highest BCUT2D eigenvalue weighted by Crippen LogP contribution is 2.16. The quantitative estimate of drug-likeness (QED) is 0.779. The van der Waals surface area contributed by atoms with Crippen molar-refractivity contribution >= 4 is 10.1 Å². The molecule has 0 aliphatic rings. The maximum absolute atomic E-state index is 11.0. The van der Waals surface area contributed by atoms with Gasteiger partial charge in [0.1, 0.15) is 0 Å². The van der Waals surface area contributed by atoms with Crippen molar-refractivity contribution in [2.75, 3.05) is 0 Å². The molecule has 1 N–H and O–H groups in total. The van der Waals surface area contributed by atoms with E-state index >= 15 is 0 Å². The lowest BCUT2D eigenvalue weighted by molar-refractivity contribution is 0.482. The van der Waals surface area contributed by atoms with Crippen LogP contribution < -0.4 is 0 Å². The molecule has 0 spiro atoms. The van der Waals surface area contributed by atoms with Gasteiger partial charge in [-0.2, -0.15) is 8.42 Å². The highest BCUT2D eigenvalue weighted by molar-refractivity contribution is 7.85. The summed E-state index contributed by atoms with van der Waals surface area (Å²) in [5, 5.41) is 0. The molecule has 0 amide bonds. The Morgan fingerprint density at radius 2 is 2.21 bits per heavy atom. The standard InChI is InChI=1S/C10H13O3S/c1-2-3-6-9-7-4-5-8-10(9)14(11,12)13/h4-5,8H,2-3,6H2,1H3,(H,11,12,13). The van der Waals surface area contributed by atoms with E-state index in [2.05, 4.69) is 6.07 Å². The van der Waals surface area contributed by atoms with Gasteiger partial charge in [0.15, 0.2) is 0 Å². The van der Waals surface area contributed by atoms with E-state index in [1.54, 1.807) is 12.1 Å². The van der Waals surface area contributed by atoms with Crippen molar-refractivity contribution in [2.45, 2.75) is 31.1 Å². The molecule has 0 atom stereocenters. The van der Waals surface area contributed by atoms with Gasteiger partial charge in [0.25, 0.3) is 10.1 Å². The Kier molecular flexibility index (Phi) is 3.66. The maximum Gasteiger partial charge on any atom is 0.294 e. The van der Waals surface area contributed by atoms with Crippen LogP contribution in [0.3, 0.4) is 0 Å². The number of benzene rings is 1. The number of unbranched alkanes of at least 4 members (excludes halogenated alkanes) is 1. The molecule has 4 heteroatoms. The normalized spacial score (nSPS) is 11.6. The van der Waals surface area contributed by atoms with Gasteiger partial charge < -0.3 is 0 Å². The number of rotatable bonds is 4. The van der Waals surface area contributed by atoms with E-state index in [1.165, 1.54) is 6.07 Å². The summed E-state index contributed by atoms with van der Waals surface area (Å²) < 4.78 is 30.8. The predicted octanol–water partition coefficient (Wildman–Crippen LogP) is 2.08. The second kappa shape index (κ2) is 4.57. The second-order valence-electron chi connectivity index (χ2n) is 3.09. The Bertz CT molecular complexity index is 396. The number of hydrogen-bond acceptors (Lipinski definition) is 2. The molecule has 0 bridgehead atoms. The summed E-state index contributed by atoms with van der Waals surface area (Å²) in [5.41, 5.74) is 0.567. The lowest BCUT2D eigenvalue weighted by atomic mass is 10.1. The lowest BCUT2D eigenvalue weighted by Gasteiger charge is -2.04. The first kappa shape index (κ1) is 11.2. The topological polar surface area (TPSA) is 54.4 Å². The van der Waals surface area contributed by atoms with Gasteiger partial charge >= 0.3 is 0 Å². The second-order valence-corrected chi connectivity index (χ2v) is 4.48. The molecule has 0 unspecified atom stereocenters.